The topological polar surface area (TPSA) is 33.2 Å². The quantitative estimate of drug-likeness (QED) is 0.738. The maximum Gasteiger partial charge on any atom is 0.143 e. The highest BCUT2D eigenvalue weighted by atomic mass is 32.1. The first-order valence-corrected chi connectivity index (χ1v) is 6.30. The van der Waals surface area contributed by atoms with E-state index in [-0.39, 0.29) is 6.04 Å². The molecule has 4 heteroatoms. The zero-order valence-corrected chi connectivity index (χ0v) is 9.80. The van der Waals surface area contributed by atoms with Gasteiger partial charge in [-0.25, -0.2) is 4.98 Å². The largest absolute Gasteiger partial charge is 0.301 e. The van der Waals surface area contributed by atoms with E-state index in [1.54, 1.807) is 11.3 Å². The second-order valence-electron chi connectivity index (χ2n) is 3.97. The van der Waals surface area contributed by atoms with E-state index >= 15 is 0 Å². The second-order valence-corrected chi connectivity index (χ2v) is 5.03. The van der Waals surface area contributed by atoms with E-state index in [2.05, 4.69) is 9.88 Å². The Morgan fingerprint density at radius 3 is 2.73 bits per heavy atom. The highest BCUT2D eigenvalue weighted by Crippen LogP contribution is 2.23. The maximum atomic E-state index is 11.1. The summed E-state index contributed by atoms with van der Waals surface area (Å²) in [5.41, 5.74) is 0.925. The molecule has 15 heavy (non-hydrogen) atoms. The zero-order chi connectivity index (χ0) is 10.7. The van der Waals surface area contributed by atoms with Gasteiger partial charge in [-0.3, -0.25) is 4.90 Å². The van der Waals surface area contributed by atoms with E-state index < -0.39 is 0 Å². The van der Waals surface area contributed by atoms with E-state index in [0.717, 1.165) is 30.1 Å². The summed E-state index contributed by atoms with van der Waals surface area (Å²) in [5, 5.41) is 3.04. The van der Waals surface area contributed by atoms with Crippen LogP contribution in [0.3, 0.4) is 0 Å². The number of aromatic nitrogens is 1. The van der Waals surface area contributed by atoms with E-state index in [1.165, 1.54) is 19.3 Å². The molecule has 0 bridgehead atoms. The van der Waals surface area contributed by atoms with Crippen LogP contribution in [0, 0.1) is 6.92 Å². The van der Waals surface area contributed by atoms with Crippen LogP contribution in [-0.4, -0.2) is 29.3 Å². The summed E-state index contributed by atoms with van der Waals surface area (Å²) in [6.45, 7) is 4.03. The fourth-order valence-electron chi connectivity index (χ4n) is 2.06. The Hall–Kier alpha value is -0.740. The summed E-state index contributed by atoms with van der Waals surface area (Å²) >= 11 is 1.62. The smallest absolute Gasteiger partial charge is 0.143 e. The molecule has 1 unspecified atom stereocenters. The SMILES string of the molecule is Cc1nc(C(C=O)N2CCCCC2)cs1. The average Bonchev–Trinajstić information content (AvgIpc) is 2.68. The number of piperidine rings is 1. The van der Waals surface area contributed by atoms with Crippen LogP contribution >= 0.6 is 11.3 Å². The Kier molecular flexibility index (Phi) is 3.49. The molecule has 3 nitrogen and oxygen atoms in total. The lowest BCUT2D eigenvalue weighted by Gasteiger charge is -2.30. The lowest BCUT2D eigenvalue weighted by molar-refractivity contribution is -0.113. The van der Waals surface area contributed by atoms with E-state index in [9.17, 15) is 4.79 Å². The number of thiazole rings is 1. The van der Waals surface area contributed by atoms with Gasteiger partial charge in [-0.15, -0.1) is 11.3 Å². The number of carbonyl (C=O) groups excluding carboxylic acids is 1. The van der Waals surface area contributed by atoms with Crippen LogP contribution in [0.1, 0.15) is 36.0 Å². The Balaban J connectivity index is 2.12. The summed E-state index contributed by atoms with van der Waals surface area (Å²) < 4.78 is 0. The number of aldehydes is 1. The minimum Gasteiger partial charge on any atom is -0.301 e. The molecule has 1 aromatic heterocycles. The van der Waals surface area contributed by atoms with E-state index in [0.29, 0.717) is 0 Å². The molecule has 0 amide bonds. The van der Waals surface area contributed by atoms with E-state index in [4.69, 9.17) is 0 Å². The Labute approximate surface area is 94.1 Å². The normalized spacial score (nSPS) is 20.1. The lowest BCUT2D eigenvalue weighted by Crippen LogP contribution is -2.34. The van der Waals surface area contributed by atoms with Gasteiger partial charge in [-0.1, -0.05) is 6.42 Å². The summed E-state index contributed by atoms with van der Waals surface area (Å²) in [4.78, 5) is 17.8. The molecule has 1 aliphatic heterocycles. The van der Waals surface area contributed by atoms with Crippen molar-refractivity contribution in [2.45, 2.75) is 32.2 Å². The predicted octanol–water partition coefficient (Wildman–Crippen LogP) is 2.18. The minimum atomic E-state index is -0.116. The number of likely N-dealkylation sites (tertiary alicyclic amines) is 1. The molecule has 0 aromatic carbocycles. The van der Waals surface area contributed by atoms with Crippen LogP contribution in [-0.2, 0) is 4.79 Å². The van der Waals surface area contributed by atoms with Crippen molar-refractivity contribution in [3.8, 4) is 0 Å². The molecule has 1 saturated heterocycles. The highest BCUT2D eigenvalue weighted by Gasteiger charge is 2.23. The second kappa shape index (κ2) is 4.86. The third kappa shape index (κ3) is 2.44. The van der Waals surface area contributed by atoms with Gasteiger partial charge in [0.15, 0.2) is 0 Å². The molecule has 1 aliphatic rings. The molecule has 0 N–H and O–H groups in total. The first kappa shape index (κ1) is 10.8. The average molecular weight is 224 g/mol. The molecule has 0 saturated carbocycles. The molecule has 1 aromatic rings. The maximum absolute atomic E-state index is 11.1. The molecule has 82 valence electrons. The van der Waals surface area contributed by atoms with Crippen LogP contribution in [0.4, 0.5) is 0 Å². The van der Waals surface area contributed by atoms with Crippen molar-refractivity contribution in [2.75, 3.05) is 13.1 Å². The number of rotatable bonds is 3. The number of hydrogen-bond donors (Lipinski definition) is 0. The van der Waals surface area contributed by atoms with Gasteiger partial charge in [-0.2, -0.15) is 0 Å². The first-order valence-electron chi connectivity index (χ1n) is 5.42. The van der Waals surface area contributed by atoms with Crippen molar-refractivity contribution in [1.29, 1.82) is 0 Å². The number of hydrogen-bond acceptors (Lipinski definition) is 4. The summed E-state index contributed by atoms with van der Waals surface area (Å²) in [6.07, 6.45) is 4.72. The van der Waals surface area contributed by atoms with Gasteiger partial charge in [0, 0.05) is 5.38 Å². The van der Waals surface area contributed by atoms with Crippen molar-refractivity contribution in [3.05, 3.63) is 16.1 Å². The van der Waals surface area contributed by atoms with E-state index in [1.807, 2.05) is 12.3 Å². The first-order chi connectivity index (χ1) is 7.31. The van der Waals surface area contributed by atoms with Gasteiger partial charge in [0.05, 0.1) is 10.7 Å². The third-order valence-electron chi connectivity index (χ3n) is 2.85. The molecule has 1 atom stereocenters. The summed E-state index contributed by atoms with van der Waals surface area (Å²) in [7, 11) is 0. The molecule has 0 spiro atoms. The van der Waals surface area contributed by atoms with Gasteiger partial charge >= 0.3 is 0 Å². The molecule has 0 aliphatic carbocycles. The summed E-state index contributed by atoms with van der Waals surface area (Å²) in [6, 6.07) is -0.116. The molecule has 2 heterocycles. The molecule has 1 fully saturated rings. The predicted molar refractivity (Wildman–Crippen MR) is 61.1 cm³/mol. The van der Waals surface area contributed by atoms with Gasteiger partial charge in [0.25, 0.3) is 0 Å². The Morgan fingerprint density at radius 2 is 2.20 bits per heavy atom. The van der Waals surface area contributed by atoms with Crippen LogP contribution in [0.25, 0.3) is 0 Å². The number of aryl methyl sites for hydroxylation is 1. The van der Waals surface area contributed by atoms with Crippen LogP contribution in [0.5, 0.6) is 0 Å². The fraction of sp³-hybridized carbons (Fsp3) is 0.636. The highest BCUT2D eigenvalue weighted by molar-refractivity contribution is 7.09. The molecule has 0 radical (unpaired) electrons. The van der Waals surface area contributed by atoms with Gasteiger partial charge < -0.3 is 4.79 Å². The van der Waals surface area contributed by atoms with Crippen molar-refractivity contribution in [1.82, 2.24) is 9.88 Å². The van der Waals surface area contributed by atoms with Crippen molar-refractivity contribution in [2.24, 2.45) is 0 Å². The number of nitrogens with zero attached hydrogens (tertiary/aromatic N) is 2. The minimum absolute atomic E-state index is 0.116. The Bertz CT molecular complexity index is 331. The van der Waals surface area contributed by atoms with Gasteiger partial charge in [-0.05, 0) is 32.9 Å². The van der Waals surface area contributed by atoms with Crippen molar-refractivity contribution >= 4 is 17.6 Å². The van der Waals surface area contributed by atoms with Crippen molar-refractivity contribution < 1.29 is 4.79 Å². The standard InChI is InChI=1S/C11H16N2OS/c1-9-12-10(8-15-9)11(7-14)13-5-3-2-4-6-13/h7-8,11H,2-6H2,1H3. The molecular formula is C11H16N2OS. The van der Waals surface area contributed by atoms with Crippen LogP contribution < -0.4 is 0 Å². The van der Waals surface area contributed by atoms with Gasteiger partial charge in [0.2, 0.25) is 0 Å². The number of carbonyl (C=O) groups is 1. The van der Waals surface area contributed by atoms with Crippen LogP contribution in [0.2, 0.25) is 0 Å². The zero-order valence-electron chi connectivity index (χ0n) is 8.98. The monoisotopic (exact) mass is 224 g/mol. The summed E-state index contributed by atoms with van der Waals surface area (Å²) in [5.74, 6) is 0. The van der Waals surface area contributed by atoms with Crippen LogP contribution in [0.15, 0.2) is 5.38 Å². The lowest BCUT2D eigenvalue weighted by atomic mass is 10.1. The third-order valence-corrected chi connectivity index (χ3v) is 3.64. The van der Waals surface area contributed by atoms with Crippen molar-refractivity contribution in [3.63, 3.8) is 0 Å². The molecule has 2 rings (SSSR count). The van der Waals surface area contributed by atoms with Gasteiger partial charge in [0.1, 0.15) is 12.3 Å². The fourth-order valence-corrected chi connectivity index (χ4v) is 2.70. The molecular weight excluding hydrogens is 208 g/mol. The Morgan fingerprint density at radius 1 is 1.47 bits per heavy atom.